The van der Waals surface area contributed by atoms with Crippen LogP contribution in [0.25, 0.3) is 11.3 Å². The van der Waals surface area contributed by atoms with Crippen molar-refractivity contribution in [3.05, 3.63) is 47.2 Å². The SMILES string of the molecule is CC1(C)[C@@H]2CC[C@@]1(C(=O)N1C3CCC1CC(O)C3)c1nnc(-c3c(F)cccc3F)cc12. The molecule has 5 nitrogen and oxygen atoms in total. The van der Waals surface area contributed by atoms with Crippen LogP contribution in [-0.2, 0) is 10.2 Å². The lowest BCUT2D eigenvalue weighted by atomic mass is 9.67. The number of fused-ring (bicyclic) bond motifs is 7. The van der Waals surface area contributed by atoms with Crippen molar-refractivity contribution in [3.63, 3.8) is 0 Å². The first-order chi connectivity index (χ1) is 15.3. The van der Waals surface area contributed by atoms with Gasteiger partial charge in [-0.25, -0.2) is 8.78 Å². The van der Waals surface area contributed by atoms with E-state index in [1.54, 1.807) is 6.07 Å². The van der Waals surface area contributed by atoms with Crippen molar-refractivity contribution in [2.24, 2.45) is 5.41 Å². The number of halogens is 2. The third kappa shape index (κ3) is 2.38. The zero-order valence-electron chi connectivity index (χ0n) is 18.3. The standard InChI is InChI=1S/C25H27F2N3O2/c1-24(2)17-8-9-25(24,23(32)30-13-6-7-14(30)11-15(31)10-13)22-16(17)12-20(28-29-22)21-18(26)4-3-5-19(21)27/h3-5,12-15,17,31H,6-11H2,1-2H3/t13?,14?,15?,17-,25+/m1/s1. The van der Waals surface area contributed by atoms with E-state index in [-0.39, 0.29) is 46.7 Å². The van der Waals surface area contributed by atoms with Gasteiger partial charge in [0.15, 0.2) is 0 Å². The predicted octanol–water partition coefficient (Wildman–Crippen LogP) is 4.09. The zero-order chi connectivity index (χ0) is 22.4. The summed E-state index contributed by atoms with van der Waals surface area (Å²) in [5, 5.41) is 18.9. The molecule has 0 spiro atoms. The lowest BCUT2D eigenvalue weighted by Crippen LogP contribution is -2.57. The Morgan fingerprint density at radius 2 is 1.75 bits per heavy atom. The van der Waals surface area contributed by atoms with Gasteiger partial charge in [-0.15, -0.1) is 5.10 Å². The molecule has 1 aromatic heterocycles. The van der Waals surface area contributed by atoms with Crippen molar-refractivity contribution in [1.82, 2.24) is 15.1 Å². The molecule has 2 aromatic rings. The highest BCUT2D eigenvalue weighted by atomic mass is 19.1. The van der Waals surface area contributed by atoms with E-state index in [0.29, 0.717) is 25.0 Å². The molecular weight excluding hydrogens is 412 g/mol. The smallest absolute Gasteiger partial charge is 0.235 e. The summed E-state index contributed by atoms with van der Waals surface area (Å²) in [5.41, 5.74) is 0.415. The summed E-state index contributed by atoms with van der Waals surface area (Å²) in [6.45, 7) is 4.24. The van der Waals surface area contributed by atoms with Crippen LogP contribution >= 0.6 is 0 Å². The van der Waals surface area contributed by atoms with Gasteiger partial charge in [0.2, 0.25) is 5.91 Å². The van der Waals surface area contributed by atoms with Crippen molar-refractivity contribution in [2.75, 3.05) is 0 Å². The Hall–Kier alpha value is -2.41. The third-order valence-electron chi connectivity index (χ3n) is 8.91. The number of aromatic nitrogens is 2. The molecule has 1 saturated carbocycles. The molecule has 2 aliphatic carbocycles. The van der Waals surface area contributed by atoms with Crippen molar-refractivity contribution in [2.45, 2.75) is 81.9 Å². The van der Waals surface area contributed by atoms with Crippen molar-refractivity contribution in [3.8, 4) is 11.3 Å². The van der Waals surface area contributed by atoms with Gasteiger partial charge in [0.05, 0.1) is 28.5 Å². The summed E-state index contributed by atoms with van der Waals surface area (Å²) < 4.78 is 28.8. The van der Waals surface area contributed by atoms with Gasteiger partial charge in [0, 0.05) is 12.1 Å². The third-order valence-corrected chi connectivity index (χ3v) is 8.91. The first kappa shape index (κ1) is 20.2. The fourth-order valence-corrected chi connectivity index (χ4v) is 7.36. The number of piperidine rings is 1. The summed E-state index contributed by atoms with van der Waals surface area (Å²) in [6.07, 6.45) is 4.32. The minimum Gasteiger partial charge on any atom is -0.393 e. The van der Waals surface area contributed by atoms with E-state index in [1.807, 2.05) is 4.90 Å². The number of hydrogen-bond acceptors (Lipinski definition) is 4. The van der Waals surface area contributed by atoms with Gasteiger partial charge in [-0.05, 0) is 73.6 Å². The van der Waals surface area contributed by atoms with E-state index in [0.717, 1.165) is 24.8 Å². The van der Waals surface area contributed by atoms with Crippen LogP contribution in [0, 0.1) is 17.0 Å². The Bertz CT molecular complexity index is 1100. The Morgan fingerprint density at radius 1 is 1.09 bits per heavy atom. The highest BCUT2D eigenvalue weighted by molar-refractivity contribution is 5.92. The second kappa shape index (κ2) is 6.56. The largest absolute Gasteiger partial charge is 0.393 e. The second-order valence-corrected chi connectivity index (χ2v) is 10.6. The van der Waals surface area contributed by atoms with Crippen LogP contribution in [0.15, 0.2) is 24.3 Å². The Kier molecular flexibility index (Phi) is 4.15. The van der Waals surface area contributed by atoms with E-state index in [4.69, 9.17) is 0 Å². The highest BCUT2D eigenvalue weighted by Crippen LogP contribution is 2.68. The normalized spacial score (nSPS) is 34.1. The van der Waals surface area contributed by atoms with Crippen LogP contribution in [0.3, 0.4) is 0 Å². The fraction of sp³-hybridized carbons (Fsp3) is 0.560. The maximum absolute atomic E-state index is 14.4. The molecule has 3 fully saturated rings. The summed E-state index contributed by atoms with van der Waals surface area (Å²) in [4.78, 5) is 16.3. The molecule has 2 unspecified atom stereocenters. The second-order valence-electron chi connectivity index (χ2n) is 10.6. The van der Waals surface area contributed by atoms with E-state index in [2.05, 4.69) is 24.0 Å². The van der Waals surface area contributed by atoms with Crippen molar-refractivity contribution in [1.29, 1.82) is 0 Å². The molecule has 7 heteroatoms. The topological polar surface area (TPSA) is 66.3 Å². The summed E-state index contributed by atoms with van der Waals surface area (Å²) in [6, 6.07) is 5.66. The zero-order valence-corrected chi connectivity index (χ0v) is 18.3. The number of carbonyl (C=O) groups excluding carboxylic acids is 1. The maximum Gasteiger partial charge on any atom is 0.235 e. The van der Waals surface area contributed by atoms with Gasteiger partial charge in [-0.3, -0.25) is 4.79 Å². The molecule has 6 rings (SSSR count). The predicted molar refractivity (Wildman–Crippen MR) is 114 cm³/mol. The summed E-state index contributed by atoms with van der Waals surface area (Å²) in [5.74, 6) is -1.16. The van der Waals surface area contributed by atoms with E-state index >= 15 is 0 Å². The molecule has 4 atom stereocenters. The molecule has 2 aliphatic heterocycles. The van der Waals surface area contributed by atoms with Crippen LogP contribution < -0.4 is 0 Å². The average Bonchev–Trinajstić information content (AvgIpc) is 3.25. The number of benzene rings is 1. The van der Waals surface area contributed by atoms with Crippen LogP contribution in [0.4, 0.5) is 8.78 Å². The van der Waals surface area contributed by atoms with Gasteiger partial charge >= 0.3 is 0 Å². The van der Waals surface area contributed by atoms with Gasteiger partial charge in [-0.1, -0.05) is 19.9 Å². The Labute approximate surface area is 185 Å². The fourth-order valence-electron chi connectivity index (χ4n) is 7.36. The number of aliphatic hydroxyl groups excluding tert-OH is 1. The lowest BCUT2D eigenvalue weighted by Gasteiger charge is -2.45. The summed E-state index contributed by atoms with van der Waals surface area (Å²) in [7, 11) is 0. The quantitative estimate of drug-likeness (QED) is 0.766. The maximum atomic E-state index is 14.4. The van der Waals surface area contributed by atoms with Gasteiger partial charge < -0.3 is 10.0 Å². The molecule has 168 valence electrons. The van der Waals surface area contributed by atoms with Crippen LogP contribution in [0.2, 0.25) is 0 Å². The van der Waals surface area contributed by atoms with Crippen LogP contribution in [0.5, 0.6) is 0 Å². The number of nitrogens with zero attached hydrogens (tertiary/aromatic N) is 3. The molecule has 1 N–H and O–H groups in total. The van der Waals surface area contributed by atoms with Crippen molar-refractivity contribution < 1.29 is 18.7 Å². The average molecular weight is 440 g/mol. The Morgan fingerprint density at radius 3 is 2.41 bits per heavy atom. The van der Waals surface area contributed by atoms with Gasteiger partial charge in [0.1, 0.15) is 11.6 Å². The molecule has 4 aliphatic rings. The number of aliphatic hydroxyl groups is 1. The Balaban J connectivity index is 1.46. The highest BCUT2D eigenvalue weighted by Gasteiger charge is 2.69. The molecule has 1 amide bonds. The number of carbonyl (C=O) groups is 1. The minimum absolute atomic E-state index is 0.0734. The molecule has 2 saturated heterocycles. The first-order valence-corrected chi connectivity index (χ1v) is 11.6. The van der Waals surface area contributed by atoms with Crippen LogP contribution in [-0.4, -0.2) is 44.3 Å². The van der Waals surface area contributed by atoms with E-state index in [9.17, 15) is 18.7 Å². The number of hydrogen-bond donors (Lipinski definition) is 1. The molecule has 0 radical (unpaired) electrons. The number of amides is 1. The van der Waals surface area contributed by atoms with E-state index in [1.165, 1.54) is 18.2 Å². The molecule has 1 aromatic carbocycles. The van der Waals surface area contributed by atoms with E-state index < -0.39 is 17.0 Å². The number of rotatable bonds is 2. The van der Waals surface area contributed by atoms with Crippen molar-refractivity contribution >= 4 is 5.91 Å². The minimum atomic E-state index is -0.782. The van der Waals surface area contributed by atoms with Crippen LogP contribution in [0.1, 0.15) is 69.5 Å². The molecule has 3 heterocycles. The molecule has 32 heavy (non-hydrogen) atoms. The summed E-state index contributed by atoms with van der Waals surface area (Å²) >= 11 is 0. The lowest BCUT2D eigenvalue weighted by molar-refractivity contribution is -0.147. The molecule has 4 bridgehead atoms. The van der Waals surface area contributed by atoms with Gasteiger partial charge in [-0.2, -0.15) is 5.10 Å². The molecular formula is C25H27F2N3O2. The van der Waals surface area contributed by atoms with Gasteiger partial charge in [0.25, 0.3) is 0 Å². The monoisotopic (exact) mass is 439 g/mol. The first-order valence-electron chi connectivity index (χ1n) is 11.6.